The van der Waals surface area contributed by atoms with Crippen LogP contribution in [0.15, 0.2) is 6.07 Å². The van der Waals surface area contributed by atoms with Crippen LogP contribution >= 0.6 is 0 Å². The summed E-state index contributed by atoms with van der Waals surface area (Å²) >= 11 is 0. The largest absolute Gasteiger partial charge is 0.389 e. The van der Waals surface area contributed by atoms with Crippen LogP contribution in [0.2, 0.25) is 0 Å². The minimum absolute atomic E-state index is 0.156. The summed E-state index contributed by atoms with van der Waals surface area (Å²) in [6.07, 6.45) is -0.701. The van der Waals surface area contributed by atoms with Crippen molar-refractivity contribution < 1.29 is 14.6 Å². The van der Waals surface area contributed by atoms with E-state index in [9.17, 15) is 9.90 Å². The zero-order chi connectivity index (χ0) is 13.5. The van der Waals surface area contributed by atoms with Gasteiger partial charge in [0.15, 0.2) is 0 Å². The first-order valence-corrected chi connectivity index (χ1v) is 6.05. The van der Waals surface area contributed by atoms with Crippen molar-refractivity contribution in [1.29, 1.82) is 0 Å². The predicted octanol–water partition coefficient (Wildman–Crippen LogP) is 0.481. The van der Waals surface area contributed by atoms with Gasteiger partial charge in [0.1, 0.15) is 5.69 Å². The van der Waals surface area contributed by atoms with Crippen LogP contribution in [-0.4, -0.2) is 47.1 Å². The van der Waals surface area contributed by atoms with Gasteiger partial charge in [-0.15, -0.1) is 0 Å². The molecule has 102 valence electrons. The number of hydrogen-bond acceptors (Lipinski definition) is 4. The number of hydrogen-bond donors (Lipinski definition) is 3. The molecule has 1 heterocycles. The van der Waals surface area contributed by atoms with Crippen molar-refractivity contribution in [3.05, 3.63) is 17.5 Å². The summed E-state index contributed by atoms with van der Waals surface area (Å²) in [5, 5.41) is 18.7. The number of carbonyl (C=O) groups is 1. The molecule has 0 aliphatic heterocycles. The van der Waals surface area contributed by atoms with Gasteiger partial charge >= 0.3 is 0 Å². The van der Waals surface area contributed by atoms with Crippen molar-refractivity contribution in [2.45, 2.75) is 26.9 Å². The topological polar surface area (TPSA) is 87.2 Å². The van der Waals surface area contributed by atoms with Gasteiger partial charge in [0, 0.05) is 18.8 Å². The van der Waals surface area contributed by atoms with E-state index in [4.69, 9.17) is 4.74 Å². The van der Waals surface area contributed by atoms with Gasteiger partial charge in [-0.1, -0.05) is 13.8 Å². The van der Waals surface area contributed by atoms with E-state index in [1.54, 1.807) is 6.07 Å². The van der Waals surface area contributed by atoms with Crippen LogP contribution in [0.3, 0.4) is 0 Å². The second kappa shape index (κ2) is 7.13. The first-order valence-electron chi connectivity index (χ1n) is 6.05. The molecule has 0 saturated carbocycles. The molecule has 0 aliphatic carbocycles. The van der Waals surface area contributed by atoms with Crippen LogP contribution in [-0.2, 0) is 4.74 Å². The molecule has 0 spiro atoms. The molecule has 0 aromatic carbocycles. The number of aliphatic hydroxyl groups excluding tert-OH is 1. The average molecular weight is 255 g/mol. The number of aromatic nitrogens is 2. The summed E-state index contributed by atoms with van der Waals surface area (Å²) in [6.45, 7) is 6.87. The number of amides is 1. The van der Waals surface area contributed by atoms with Gasteiger partial charge in [0.2, 0.25) is 0 Å². The predicted molar refractivity (Wildman–Crippen MR) is 67.3 cm³/mol. The second-order valence-corrected chi connectivity index (χ2v) is 4.73. The van der Waals surface area contributed by atoms with E-state index in [-0.39, 0.29) is 19.1 Å². The number of nitrogens with one attached hydrogen (secondary N) is 2. The third-order valence-corrected chi connectivity index (χ3v) is 2.20. The van der Waals surface area contributed by atoms with Crippen LogP contribution in [0.4, 0.5) is 0 Å². The number of nitrogens with zero attached hydrogens (tertiary/aromatic N) is 1. The molecular weight excluding hydrogens is 234 g/mol. The van der Waals surface area contributed by atoms with Gasteiger partial charge in [0.25, 0.3) is 5.91 Å². The van der Waals surface area contributed by atoms with E-state index in [0.29, 0.717) is 18.2 Å². The molecule has 1 aromatic heterocycles. The molecule has 1 unspecified atom stereocenters. The van der Waals surface area contributed by atoms with E-state index in [2.05, 4.69) is 15.5 Å². The van der Waals surface area contributed by atoms with Crippen molar-refractivity contribution in [3.8, 4) is 0 Å². The molecule has 0 radical (unpaired) electrons. The monoisotopic (exact) mass is 255 g/mol. The summed E-state index contributed by atoms with van der Waals surface area (Å²) in [5.74, 6) is 0.126. The summed E-state index contributed by atoms with van der Waals surface area (Å²) in [4.78, 5) is 11.6. The Balaban J connectivity index is 2.22. The van der Waals surface area contributed by atoms with Crippen molar-refractivity contribution in [1.82, 2.24) is 15.5 Å². The SMILES string of the molecule is Cc1cc(C(=O)NCC(O)COCC(C)C)n[nH]1. The number of rotatable bonds is 7. The van der Waals surface area contributed by atoms with Gasteiger partial charge in [-0.3, -0.25) is 9.89 Å². The lowest BCUT2D eigenvalue weighted by molar-refractivity contribution is 0.0259. The zero-order valence-electron chi connectivity index (χ0n) is 11.1. The van der Waals surface area contributed by atoms with E-state index in [1.165, 1.54) is 0 Å². The van der Waals surface area contributed by atoms with Crippen molar-refractivity contribution in [3.63, 3.8) is 0 Å². The minimum atomic E-state index is -0.701. The zero-order valence-corrected chi connectivity index (χ0v) is 11.1. The van der Waals surface area contributed by atoms with Gasteiger partial charge < -0.3 is 15.2 Å². The molecule has 0 aliphatic rings. The highest BCUT2D eigenvalue weighted by Gasteiger charge is 2.11. The maximum Gasteiger partial charge on any atom is 0.271 e. The molecule has 1 amide bonds. The molecule has 0 bridgehead atoms. The molecule has 1 aromatic rings. The minimum Gasteiger partial charge on any atom is -0.389 e. The van der Waals surface area contributed by atoms with Crippen LogP contribution in [0.25, 0.3) is 0 Å². The highest BCUT2D eigenvalue weighted by molar-refractivity contribution is 5.92. The number of H-pyrrole nitrogens is 1. The van der Waals surface area contributed by atoms with Crippen LogP contribution in [0.5, 0.6) is 0 Å². The lowest BCUT2D eigenvalue weighted by Gasteiger charge is -2.12. The molecule has 18 heavy (non-hydrogen) atoms. The van der Waals surface area contributed by atoms with Gasteiger partial charge in [-0.05, 0) is 18.9 Å². The molecular formula is C12H21N3O3. The number of aryl methyl sites for hydroxylation is 1. The maximum absolute atomic E-state index is 11.6. The number of ether oxygens (including phenoxy) is 1. The summed E-state index contributed by atoms with van der Waals surface area (Å²) in [6, 6.07) is 1.65. The Bertz CT molecular complexity index is 376. The van der Waals surface area contributed by atoms with Gasteiger partial charge in [-0.25, -0.2) is 0 Å². The van der Waals surface area contributed by atoms with E-state index < -0.39 is 6.10 Å². The summed E-state index contributed by atoms with van der Waals surface area (Å²) in [7, 11) is 0. The second-order valence-electron chi connectivity index (χ2n) is 4.73. The standard InChI is InChI=1S/C12H21N3O3/c1-8(2)6-18-7-10(16)5-13-12(17)11-4-9(3)14-15-11/h4,8,10,16H,5-7H2,1-3H3,(H,13,17)(H,14,15). The summed E-state index contributed by atoms with van der Waals surface area (Å²) in [5.41, 5.74) is 1.14. The number of carbonyl (C=O) groups excluding carboxylic acids is 1. The first kappa shape index (κ1) is 14.7. The Morgan fingerprint density at radius 1 is 1.56 bits per heavy atom. The Hall–Kier alpha value is -1.40. The van der Waals surface area contributed by atoms with E-state index >= 15 is 0 Å². The summed E-state index contributed by atoms with van der Waals surface area (Å²) < 4.78 is 5.28. The lowest BCUT2D eigenvalue weighted by Crippen LogP contribution is -2.35. The van der Waals surface area contributed by atoms with Gasteiger partial charge in [-0.2, -0.15) is 5.10 Å². The van der Waals surface area contributed by atoms with E-state index in [1.807, 2.05) is 20.8 Å². The van der Waals surface area contributed by atoms with Crippen LogP contribution in [0, 0.1) is 12.8 Å². The molecule has 3 N–H and O–H groups in total. The Morgan fingerprint density at radius 2 is 2.28 bits per heavy atom. The normalized spacial score (nSPS) is 12.7. The molecule has 0 fully saturated rings. The van der Waals surface area contributed by atoms with Crippen LogP contribution < -0.4 is 5.32 Å². The van der Waals surface area contributed by atoms with Crippen molar-refractivity contribution in [2.75, 3.05) is 19.8 Å². The third-order valence-electron chi connectivity index (χ3n) is 2.20. The molecule has 6 nitrogen and oxygen atoms in total. The molecule has 6 heteroatoms. The highest BCUT2D eigenvalue weighted by Crippen LogP contribution is 1.97. The first-order chi connectivity index (χ1) is 8.49. The van der Waals surface area contributed by atoms with Crippen molar-refractivity contribution >= 4 is 5.91 Å². The quantitative estimate of drug-likeness (QED) is 0.661. The van der Waals surface area contributed by atoms with Gasteiger partial charge in [0.05, 0.1) is 12.7 Å². The fourth-order valence-corrected chi connectivity index (χ4v) is 1.33. The third kappa shape index (κ3) is 5.29. The lowest BCUT2D eigenvalue weighted by atomic mass is 10.2. The fraction of sp³-hybridized carbons (Fsp3) is 0.667. The number of aliphatic hydroxyl groups is 1. The Morgan fingerprint density at radius 3 is 2.83 bits per heavy atom. The van der Waals surface area contributed by atoms with Crippen molar-refractivity contribution in [2.24, 2.45) is 5.92 Å². The van der Waals surface area contributed by atoms with Crippen LogP contribution in [0.1, 0.15) is 30.0 Å². The molecule has 1 atom stereocenters. The molecule has 0 saturated heterocycles. The Labute approximate surface area is 107 Å². The Kier molecular flexibility index (Phi) is 5.80. The fourth-order valence-electron chi connectivity index (χ4n) is 1.33. The highest BCUT2D eigenvalue weighted by atomic mass is 16.5. The smallest absolute Gasteiger partial charge is 0.271 e. The average Bonchev–Trinajstić information content (AvgIpc) is 2.72. The molecule has 1 rings (SSSR count). The number of aromatic amines is 1. The maximum atomic E-state index is 11.6. The van der Waals surface area contributed by atoms with E-state index in [0.717, 1.165) is 5.69 Å².